The van der Waals surface area contributed by atoms with E-state index >= 15 is 0 Å². The monoisotopic (exact) mass is 470 g/mol. The average Bonchev–Trinajstić information content (AvgIpc) is 2.96. The molecule has 2 aliphatic rings. The fraction of sp³-hybridized carbons (Fsp3) is 0.417. The van der Waals surface area contributed by atoms with Gasteiger partial charge in [0.2, 0.25) is 10.0 Å². The first kappa shape index (κ1) is 23.4. The van der Waals surface area contributed by atoms with Crippen LogP contribution in [0.2, 0.25) is 0 Å². The molecule has 33 heavy (non-hydrogen) atoms. The summed E-state index contributed by atoms with van der Waals surface area (Å²) in [6.45, 7) is 5.68. The summed E-state index contributed by atoms with van der Waals surface area (Å²) in [5.41, 5.74) is 0.702. The van der Waals surface area contributed by atoms with E-state index < -0.39 is 21.6 Å². The number of rotatable bonds is 6. The lowest BCUT2D eigenvalue weighted by atomic mass is 9.87. The zero-order valence-corrected chi connectivity index (χ0v) is 19.8. The Morgan fingerprint density at radius 2 is 1.64 bits per heavy atom. The van der Waals surface area contributed by atoms with Crippen LogP contribution in [0.1, 0.15) is 30.9 Å². The molecule has 0 spiro atoms. The van der Waals surface area contributed by atoms with Crippen LogP contribution in [-0.2, 0) is 20.4 Å². The Morgan fingerprint density at radius 3 is 2.30 bits per heavy atom. The molecular formula is C24H30N4O4S. The van der Waals surface area contributed by atoms with Gasteiger partial charge >= 0.3 is 6.03 Å². The lowest BCUT2D eigenvalue weighted by Gasteiger charge is -2.28. The summed E-state index contributed by atoms with van der Waals surface area (Å²) in [6, 6.07) is 15.7. The Bertz CT molecular complexity index is 1120. The summed E-state index contributed by atoms with van der Waals surface area (Å²) in [4.78, 5) is 29.7. The van der Waals surface area contributed by atoms with Gasteiger partial charge in [0.25, 0.3) is 5.91 Å². The smallest absolute Gasteiger partial charge is 0.319 e. The van der Waals surface area contributed by atoms with E-state index in [2.05, 4.69) is 5.32 Å². The minimum Gasteiger partial charge on any atom is -0.319 e. The van der Waals surface area contributed by atoms with Crippen LogP contribution in [0.15, 0.2) is 59.5 Å². The molecule has 0 unspecified atom stereocenters. The van der Waals surface area contributed by atoms with E-state index in [-0.39, 0.29) is 17.5 Å². The van der Waals surface area contributed by atoms with Gasteiger partial charge in [-0.15, -0.1) is 0 Å². The number of urea groups is 1. The molecule has 0 saturated carbocycles. The van der Waals surface area contributed by atoms with E-state index in [1.54, 1.807) is 24.3 Å². The van der Waals surface area contributed by atoms with Gasteiger partial charge in [0.1, 0.15) is 5.54 Å². The lowest BCUT2D eigenvalue weighted by Crippen LogP contribution is -2.46. The zero-order chi connectivity index (χ0) is 23.6. The third-order valence-electron chi connectivity index (χ3n) is 6.52. The van der Waals surface area contributed by atoms with Crippen molar-refractivity contribution in [2.24, 2.45) is 0 Å². The quantitative estimate of drug-likeness (QED) is 0.656. The number of benzene rings is 2. The van der Waals surface area contributed by atoms with E-state index in [9.17, 15) is 18.0 Å². The van der Waals surface area contributed by atoms with Crippen molar-refractivity contribution in [3.05, 3.63) is 65.7 Å². The van der Waals surface area contributed by atoms with Crippen LogP contribution in [0.5, 0.6) is 0 Å². The molecule has 1 N–H and O–H groups in total. The maximum Gasteiger partial charge on any atom is 0.326 e. The number of carbonyl (C=O) groups is 2. The highest BCUT2D eigenvalue weighted by Gasteiger charge is 2.51. The maximum atomic E-state index is 13.4. The van der Waals surface area contributed by atoms with E-state index in [0.29, 0.717) is 39.0 Å². The van der Waals surface area contributed by atoms with Gasteiger partial charge in [0.05, 0.1) is 11.6 Å². The molecule has 2 saturated heterocycles. The van der Waals surface area contributed by atoms with Gasteiger partial charge in [0, 0.05) is 26.2 Å². The van der Waals surface area contributed by atoms with E-state index in [0.717, 1.165) is 11.1 Å². The van der Waals surface area contributed by atoms with Gasteiger partial charge in [0.15, 0.2) is 0 Å². The second kappa shape index (κ2) is 9.24. The predicted molar refractivity (Wildman–Crippen MR) is 125 cm³/mol. The Morgan fingerprint density at radius 1 is 0.939 bits per heavy atom. The highest BCUT2D eigenvalue weighted by Crippen LogP contribution is 2.32. The minimum atomic E-state index is -3.59. The van der Waals surface area contributed by atoms with Crippen LogP contribution in [0.4, 0.5) is 4.79 Å². The summed E-state index contributed by atoms with van der Waals surface area (Å²) in [5.74, 6) is -0.269. The molecule has 2 aromatic rings. The third kappa shape index (κ3) is 4.40. The molecule has 8 nitrogen and oxygen atoms in total. The minimum absolute atomic E-state index is 0.137. The Labute approximate surface area is 195 Å². The standard InChI is InChI=1S/C24H30N4O4S/c1-3-24(20-8-5-4-6-9-20)22(29)28(23(30)25-24)18-26-14-7-15-27(17-16-26)33(31,32)21-12-10-19(2)11-13-21/h4-6,8-13H,3,7,14-18H2,1-2H3,(H,25,30)/t24-/m1/s1. The van der Waals surface area contributed by atoms with Crippen molar-refractivity contribution < 1.29 is 18.0 Å². The third-order valence-corrected chi connectivity index (χ3v) is 8.43. The number of nitrogens with zero attached hydrogens (tertiary/aromatic N) is 3. The van der Waals surface area contributed by atoms with Gasteiger partial charge in [-0.3, -0.25) is 9.69 Å². The van der Waals surface area contributed by atoms with Crippen LogP contribution >= 0.6 is 0 Å². The zero-order valence-electron chi connectivity index (χ0n) is 19.0. The van der Waals surface area contributed by atoms with Crippen LogP contribution in [-0.4, -0.2) is 67.3 Å². The molecule has 0 aliphatic carbocycles. The van der Waals surface area contributed by atoms with Gasteiger partial charge < -0.3 is 5.32 Å². The Hall–Kier alpha value is -2.75. The van der Waals surface area contributed by atoms with Crippen LogP contribution in [0.25, 0.3) is 0 Å². The summed E-state index contributed by atoms with van der Waals surface area (Å²) in [5, 5.41) is 2.90. The van der Waals surface area contributed by atoms with Gasteiger partial charge in [-0.1, -0.05) is 55.0 Å². The molecule has 0 bridgehead atoms. The molecule has 4 rings (SSSR count). The second-order valence-electron chi connectivity index (χ2n) is 8.62. The lowest BCUT2D eigenvalue weighted by molar-refractivity contribution is -0.133. The number of carbonyl (C=O) groups excluding carboxylic acids is 2. The predicted octanol–water partition coefficient (Wildman–Crippen LogP) is 2.51. The number of sulfonamides is 1. The average molecular weight is 471 g/mol. The first-order chi connectivity index (χ1) is 15.8. The number of amides is 3. The molecule has 9 heteroatoms. The first-order valence-electron chi connectivity index (χ1n) is 11.3. The Kier molecular flexibility index (Phi) is 6.56. The normalized spacial score (nSPS) is 22.9. The molecule has 2 heterocycles. The van der Waals surface area contributed by atoms with Crippen molar-refractivity contribution in [1.29, 1.82) is 0 Å². The summed E-state index contributed by atoms with van der Waals surface area (Å²) in [6.07, 6.45) is 1.06. The van der Waals surface area contributed by atoms with Crippen molar-refractivity contribution in [2.45, 2.75) is 37.1 Å². The van der Waals surface area contributed by atoms with Gasteiger partial charge in [-0.05, 0) is 37.5 Å². The summed E-state index contributed by atoms with van der Waals surface area (Å²) in [7, 11) is -3.59. The number of aryl methyl sites for hydroxylation is 1. The fourth-order valence-corrected chi connectivity index (χ4v) is 5.97. The molecule has 176 valence electrons. The Balaban J connectivity index is 1.46. The van der Waals surface area contributed by atoms with Crippen molar-refractivity contribution in [2.75, 3.05) is 32.8 Å². The SMILES string of the molecule is CC[C@]1(c2ccccc2)NC(=O)N(CN2CCCN(S(=O)(=O)c3ccc(C)cc3)CC2)C1=O. The molecule has 3 amide bonds. The highest BCUT2D eigenvalue weighted by molar-refractivity contribution is 7.89. The maximum absolute atomic E-state index is 13.4. The summed E-state index contributed by atoms with van der Waals surface area (Å²) < 4.78 is 27.6. The number of hydrogen-bond donors (Lipinski definition) is 1. The summed E-state index contributed by atoms with van der Waals surface area (Å²) >= 11 is 0. The second-order valence-corrected chi connectivity index (χ2v) is 10.6. The van der Waals surface area contributed by atoms with Crippen LogP contribution < -0.4 is 5.32 Å². The van der Waals surface area contributed by atoms with E-state index in [4.69, 9.17) is 0 Å². The van der Waals surface area contributed by atoms with Crippen molar-refractivity contribution in [3.8, 4) is 0 Å². The topological polar surface area (TPSA) is 90.0 Å². The number of hydrogen-bond acceptors (Lipinski definition) is 5. The number of nitrogens with one attached hydrogen (secondary N) is 1. The fourth-order valence-electron chi connectivity index (χ4n) is 4.50. The molecule has 2 fully saturated rings. The molecule has 2 aromatic carbocycles. The first-order valence-corrected chi connectivity index (χ1v) is 12.7. The molecule has 2 aliphatic heterocycles. The van der Waals surface area contributed by atoms with Crippen LogP contribution in [0.3, 0.4) is 0 Å². The molecule has 0 radical (unpaired) electrons. The van der Waals surface area contributed by atoms with Crippen molar-refractivity contribution in [1.82, 2.24) is 19.4 Å². The van der Waals surface area contributed by atoms with Crippen molar-refractivity contribution in [3.63, 3.8) is 0 Å². The number of imide groups is 1. The highest BCUT2D eigenvalue weighted by atomic mass is 32.2. The molecule has 1 atom stereocenters. The van der Waals surface area contributed by atoms with Crippen molar-refractivity contribution >= 4 is 22.0 Å². The largest absolute Gasteiger partial charge is 0.326 e. The van der Waals surface area contributed by atoms with Gasteiger partial charge in [-0.25, -0.2) is 18.1 Å². The van der Waals surface area contributed by atoms with Gasteiger partial charge in [-0.2, -0.15) is 4.31 Å². The molecular weight excluding hydrogens is 440 g/mol. The van der Waals surface area contributed by atoms with E-state index in [1.807, 2.05) is 49.1 Å². The molecule has 0 aromatic heterocycles. The van der Waals surface area contributed by atoms with E-state index in [1.165, 1.54) is 9.21 Å². The van der Waals surface area contributed by atoms with Crippen LogP contribution in [0, 0.1) is 6.92 Å².